The number of fused-ring (bicyclic) bond motifs is 4. The Morgan fingerprint density at radius 2 is 1.70 bits per heavy atom. The van der Waals surface area contributed by atoms with E-state index in [2.05, 4.69) is 6.92 Å². The number of rotatable bonds is 2. The van der Waals surface area contributed by atoms with Crippen molar-refractivity contribution in [3.63, 3.8) is 0 Å². The minimum absolute atomic E-state index is 0.235. The summed E-state index contributed by atoms with van der Waals surface area (Å²) in [5, 5.41) is 0. The first-order chi connectivity index (χ1) is 12.8. The number of allylic oxidation sites excluding steroid dienone is 1. The van der Waals surface area contributed by atoms with Crippen LogP contribution in [0.4, 0.5) is 0 Å². The summed E-state index contributed by atoms with van der Waals surface area (Å²) in [6.45, 7) is 4.78. The second kappa shape index (κ2) is 6.85. The van der Waals surface area contributed by atoms with E-state index in [0.29, 0.717) is 24.4 Å². The van der Waals surface area contributed by atoms with Gasteiger partial charge in [-0.3, -0.25) is 4.79 Å². The molecule has 2 saturated carbocycles. The van der Waals surface area contributed by atoms with Crippen molar-refractivity contribution in [2.75, 3.05) is 13.1 Å². The van der Waals surface area contributed by atoms with E-state index in [1.165, 1.54) is 30.4 Å². The van der Waals surface area contributed by atoms with Crippen LogP contribution in [0.15, 0.2) is 40.3 Å². The third-order valence-electron chi connectivity index (χ3n) is 6.54. The molecule has 1 aromatic carbocycles. The molecule has 2 saturated heterocycles. The van der Waals surface area contributed by atoms with Gasteiger partial charge in [-0.15, -0.1) is 0 Å². The molecule has 2 bridgehead atoms. The maximum atomic E-state index is 13.3. The normalized spacial score (nSPS) is 29.9. The number of hydrogen-bond donors (Lipinski definition) is 0. The topological polar surface area (TPSA) is 54.5 Å². The number of benzene rings is 1. The molecule has 2 atom stereocenters. The molecule has 1 aromatic rings. The first-order valence-corrected chi connectivity index (χ1v) is 11.5. The maximum absolute atomic E-state index is 13.3. The quantitative estimate of drug-likeness (QED) is 0.713. The van der Waals surface area contributed by atoms with Crippen molar-refractivity contribution in [2.24, 2.45) is 11.3 Å². The van der Waals surface area contributed by atoms with Gasteiger partial charge in [-0.05, 0) is 56.6 Å². The maximum Gasteiger partial charge on any atom is 0.243 e. The smallest absolute Gasteiger partial charge is 0.243 e. The SMILES string of the molecule is Cc1ccc(S(=O)(=O)N2CC3C(=O)CC(C)(CC3=C3CCCCC3)C2)cc1. The molecular formula is C22H29NO3S. The molecule has 4 nitrogen and oxygen atoms in total. The van der Waals surface area contributed by atoms with E-state index in [1.54, 1.807) is 16.4 Å². The molecule has 2 unspecified atom stereocenters. The van der Waals surface area contributed by atoms with Crippen LogP contribution in [-0.4, -0.2) is 31.6 Å². The van der Waals surface area contributed by atoms with Gasteiger partial charge in [-0.1, -0.05) is 42.2 Å². The standard InChI is InChI=1S/C22H29NO3S/c1-16-8-10-18(11-9-16)27(25,26)23-14-20-19(17-6-4-3-5-7-17)12-22(2,15-23)13-21(20)24/h8-11,20H,3-7,12-15H2,1-2H3. The van der Waals surface area contributed by atoms with Crippen LogP contribution in [0.2, 0.25) is 0 Å². The number of carbonyl (C=O) groups is 1. The van der Waals surface area contributed by atoms with Crippen molar-refractivity contribution >= 4 is 15.8 Å². The van der Waals surface area contributed by atoms with Crippen LogP contribution in [0, 0.1) is 18.3 Å². The number of hydrogen-bond acceptors (Lipinski definition) is 3. The summed E-state index contributed by atoms with van der Waals surface area (Å²) < 4.78 is 28.2. The molecule has 2 heterocycles. The first kappa shape index (κ1) is 18.9. The highest BCUT2D eigenvalue weighted by atomic mass is 32.2. The highest BCUT2D eigenvalue weighted by molar-refractivity contribution is 7.89. The monoisotopic (exact) mass is 387 g/mol. The Bertz CT molecular complexity index is 877. The Kier molecular flexibility index (Phi) is 4.79. The van der Waals surface area contributed by atoms with Crippen LogP contribution in [0.5, 0.6) is 0 Å². The molecule has 0 N–H and O–H groups in total. The molecule has 0 amide bonds. The van der Waals surface area contributed by atoms with Gasteiger partial charge in [0.15, 0.2) is 0 Å². The molecule has 5 heteroatoms. The second-order valence-corrected chi connectivity index (χ2v) is 10.9. The van der Waals surface area contributed by atoms with E-state index in [4.69, 9.17) is 0 Å². The van der Waals surface area contributed by atoms with Crippen molar-refractivity contribution < 1.29 is 13.2 Å². The van der Waals surface area contributed by atoms with Gasteiger partial charge in [0, 0.05) is 19.5 Å². The van der Waals surface area contributed by atoms with Crippen LogP contribution in [-0.2, 0) is 14.8 Å². The fourth-order valence-electron chi connectivity index (χ4n) is 5.11. The van der Waals surface area contributed by atoms with Gasteiger partial charge in [0.25, 0.3) is 0 Å². The molecule has 4 aliphatic rings. The molecule has 2 aliphatic carbocycles. The van der Waals surface area contributed by atoms with Crippen LogP contribution in [0.25, 0.3) is 0 Å². The predicted molar refractivity (Wildman–Crippen MR) is 106 cm³/mol. The molecule has 2 aliphatic heterocycles. The number of ketones is 1. The van der Waals surface area contributed by atoms with Crippen molar-refractivity contribution in [2.45, 2.75) is 63.7 Å². The van der Waals surface area contributed by atoms with Gasteiger partial charge in [0.2, 0.25) is 10.0 Å². The van der Waals surface area contributed by atoms with E-state index in [0.717, 1.165) is 24.8 Å². The summed E-state index contributed by atoms with van der Waals surface area (Å²) in [4.78, 5) is 13.3. The number of carbonyl (C=O) groups excluding carboxylic acids is 1. The zero-order chi connectivity index (χ0) is 19.2. The molecule has 146 valence electrons. The summed E-state index contributed by atoms with van der Waals surface area (Å²) >= 11 is 0. The molecule has 0 aromatic heterocycles. The number of aryl methyl sites for hydroxylation is 1. The average Bonchev–Trinajstić information content (AvgIpc) is 2.88. The lowest BCUT2D eigenvalue weighted by Crippen LogP contribution is -2.37. The highest BCUT2D eigenvalue weighted by Gasteiger charge is 2.48. The Hall–Kier alpha value is -1.46. The summed E-state index contributed by atoms with van der Waals surface area (Å²) in [6, 6.07) is 7.04. The molecule has 4 fully saturated rings. The van der Waals surface area contributed by atoms with Crippen molar-refractivity contribution in [1.29, 1.82) is 0 Å². The Morgan fingerprint density at radius 3 is 2.37 bits per heavy atom. The Balaban J connectivity index is 1.72. The minimum atomic E-state index is -3.59. The third-order valence-corrected chi connectivity index (χ3v) is 8.37. The van der Waals surface area contributed by atoms with E-state index >= 15 is 0 Å². The Labute approximate surface area is 162 Å². The lowest BCUT2D eigenvalue weighted by molar-refractivity contribution is -0.124. The predicted octanol–water partition coefficient (Wildman–Crippen LogP) is 4.25. The molecular weight excluding hydrogens is 358 g/mol. The van der Waals surface area contributed by atoms with E-state index in [-0.39, 0.29) is 17.1 Å². The molecule has 0 radical (unpaired) electrons. The average molecular weight is 388 g/mol. The van der Waals surface area contributed by atoms with Crippen LogP contribution in [0.3, 0.4) is 0 Å². The summed E-state index contributed by atoms with van der Waals surface area (Å²) in [7, 11) is -3.59. The van der Waals surface area contributed by atoms with Crippen LogP contribution in [0.1, 0.15) is 57.4 Å². The lowest BCUT2D eigenvalue weighted by atomic mass is 9.67. The van der Waals surface area contributed by atoms with Crippen molar-refractivity contribution in [3.05, 3.63) is 41.0 Å². The van der Waals surface area contributed by atoms with E-state index < -0.39 is 10.0 Å². The molecule has 5 rings (SSSR count). The van der Waals surface area contributed by atoms with Crippen LogP contribution >= 0.6 is 0 Å². The minimum Gasteiger partial charge on any atom is -0.299 e. The zero-order valence-corrected chi connectivity index (χ0v) is 17.1. The second-order valence-electron chi connectivity index (χ2n) is 8.98. The van der Waals surface area contributed by atoms with Crippen molar-refractivity contribution in [1.82, 2.24) is 4.31 Å². The van der Waals surface area contributed by atoms with Crippen LogP contribution < -0.4 is 0 Å². The number of Topliss-reactive ketones (excluding diaryl/α,β-unsaturated/α-hetero) is 1. The first-order valence-electron chi connectivity index (χ1n) is 10.1. The summed E-state index contributed by atoms with van der Waals surface area (Å²) in [6.07, 6.45) is 7.19. The largest absolute Gasteiger partial charge is 0.299 e. The molecule has 27 heavy (non-hydrogen) atoms. The highest BCUT2D eigenvalue weighted by Crippen LogP contribution is 2.48. The van der Waals surface area contributed by atoms with E-state index in [9.17, 15) is 13.2 Å². The van der Waals surface area contributed by atoms with Crippen molar-refractivity contribution in [3.8, 4) is 0 Å². The number of sulfonamides is 1. The van der Waals surface area contributed by atoms with Gasteiger partial charge < -0.3 is 0 Å². The Morgan fingerprint density at radius 1 is 1.04 bits per heavy atom. The van der Waals surface area contributed by atoms with Gasteiger partial charge in [0.05, 0.1) is 10.8 Å². The zero-order valence-electron chi connectivity index (χ0n) is 16.3. The third kappa shape index (κ3) is 3.52. The summed E-state index contributed by atoms with van der Waals surface area (Å²) in [5.41, 5.74) is 3.47. The van der Waals surface area contributed by atoms with Gasteiger partial charge in [-0.25, -0.2) is 8.42 Å². The number of nitrogens with zero attached hydrogens (tertiary/aromatic N) is 1. The lowest BCUT2D eigenvalue weighted by Gasteiger charge is -2.36. The van der Waals surface area contributed by atoms with Gasteiger partial charge in [-0.2, -0.15) is 4.31 Å². The van der Waals surface area contributed by atoms with Gasteiger partial charge >= 0.3 is 0 Å². The fourth-order valence-corrected chi connectivity index (χ4v) is 6.72. The summed E-state index contributed by atoms with van der Waals surface area (Å²) in [5.74, 6) is -0.00710. The fraction of sp³-hybridized carbons (Fsp3) is 0.591. The molecule has 0 spiro atoms. The van der Waals surface area contributed by atoms with E-state index in [1.807, 2.05) is 19.1 Å². The van der Waals surface area contributed by atoms with Gasteiger partial charge in [0.1, 0.15) is 5.78 Å².